The van der Waals surface area contributed by atoms with Crippen LogP contribution in [0, 0.1) is 6.92 Å². The third-order valence-electron chi connectivity index (χ3n) is 2.79. The van der Waals surface area contributed by atoms with Crippen LogP contribution in [0.2, 0.25) is 0 Å². The zero-order chi connectivity index (χ0) is 13.2. The highest BCUT2D eigenvalue weighted by Gasteiger charge is 2.10. The molecule has 0 aromatic carbocycles. The number of aryl methyl sites for hydroxylation is 1. The molecule has 0 unspecified atom stereocenters. The van der Waals surface area contributed by atoms with Gasteiger partial charge in [-0.15, -0.1) is 11.3 Å². The van der Waals surface area contributed by atoms with Crippen LogP contribution in [0.4, 0.5) is 5.82 Å². The zero-order valence-corrected chi connectivity index (χ0v) is 11.7. The van der Waals surface area contributed by atoms with Crippen LogP contribution in [0.3, 0.4) is 0 Å². The molecule has 0 aliphatic heterocycles. The molecule has 0 amide bonds. The predicted octanol–water partition coefficient (Wildman–Crippen LogP) is 3.49. The number of aromatic nitrogens is 3. The monoisotopic (exact) mass is 270 g/mol. The summed E-state index contributed by atoms with van der Waals surface area (Å²) in [6, 6.07) is 7.94. The van der Waals surface area contributed by atoms with Gasteiger partial charge in [0, 0.05) is 12.2 Å². The fraction of sp³-hybridized carbons (Fsp3) is 0.214. The second-order valence-electron chi connectivity index (χ2n) is 4.23. The fourth-order valence-corrected chi connectivity index (χ4v) is 2.70. The molecule has 3 aromatic rings. The van der Waals surface area contributed by atoms with Gasteiger partial charge in [-0.2, -0.15) is 0 Å². The number of fused-ring (bicyclic) bond motifs is 1. The number of hydrogen-bond donors (Lipinski definition) is 1. The molecule has 5 heteroatoms. The van der Waals surface area contributed by atoms with Gasteiger partial charge in [-0.25, -0.2) is 15.0 Å². The smallest absolute Gasteiger partial charge is 0.181 e. The first-order chi connectivity index (χ1) is 9.28. The lowest BCUT2D eigenvalue weighted by Gasteiger charge is -2.07. The minimum atomic E-state index is 0.676. The Kier molecular flexibility index (Phi) is 3.13. The standard InChI is InChI=1S/C14H14N4S/c1-3-15-12-10-7-8-19-14(10)18-13(17-12)11-6-4-5-9(2)16-11/h4-8H,3H2,1-2H3,(H,15,17,18). The number of hydrogen-bond acceptors (Lipinski definition) is 5. The maximum Gasteiger partial charge on any atom is 0.181 e. The summed E-state index contributed by atoms with van der Waals surface area (Å²) >= 11 is 1.62. The first-order valence-corrected chi connectivity index (χ1v) is 7.09. The Morgan fingerprint density at radius 2 is 2.05 bits per heavy atom. The molecule has 0 spiro atoms. The summed E-state index contributed by atoms with van der Waals surface area (Å²) in [6.07, 6.45) is 0. The van der Waals surface area contributed by atoms with Crippen LogP contribution >= 0.6 is 11.3 Å². The van der Waals surface area contributed by atoms with Crippen molar-refractivity contribution in [1.29, 1.82) is 0 Å². The topological polar surface area (TPSA) is 50.7 Å². The van der Waals surface area contributed by atoms with Crippen LogP contribution in [0.25, 0.3) is 21.7 Å². The summed E-state index contributed by atoms with van der Waals surface area (Å²) in [5.74, 6) is 1.56. The summed E-state index contributed by atoms with van der Waals surface area (Å²) in [5, 5.41) is 6.40. The van der Waals surface area contributed by atoms with Crippen molar-refractivity contribution in [1.82, 2.24) is 15.0 Å². The maximum absolute atomic E-state index is 4.60. The third-order valence-corrected chi connectivity index (χ3v) is 3.59. The number of nitrogens with zero attached hydrogens (tertiary/aromatic N) is 3. The van der Waals surface area contributed by atoms with Gasteiger partial charge in [0.15, 0.2) is 5.82 Å². The van der Waals surface area contributed by atoms with E-state index in [0.717, 1.165) is 34.0 Å². The molecule has 0 saturated carbocycles. The van der Waals surface area contributed by atoms with Crippen molar-refractivity contribution in [3.05, 3.63) is 35.3 Å². The predicted molar refractivity (Wildman–Crippen MR) is 79.5 cm³/mol. The largest absolute Gasteiger partial charge is 0.370 e. The SMILES string of the molecule is CCNc1nc(-c2cccc(C)n2)nc2sccc12. The van der Waals surface area contributed by atoms with Crippen molar-refractivity contribution in [3.8, 4) is 11.5 Å². The fourth-order valence-electron chi connectivity index (χ4n) is 1.94. The molecular weight excluding hydrogens is 256 g/mol. The van der Waals surface area contributed by atoms with E-state index in [-0.39, 0.29) is 0 Å². The van der Waals surface area contributed by atoms with Crippen molar-refractivity contribution in [2.24, 2.45) is 0 Å². The Morgan fingerprint density at radius 1 is 1.16 bits per heavy atom. The number of thiophene rings is 1. The lowest BCUT2D eigenvalue weighted by atomic mass is 10.3. The van der Waals surface area contributed by atoms with Crippen molar-refractivity contribution < 1.29 is 0 Å². The van der Waals surface area contributed by atoms with E-state index in [4.69, 9.17) is 0 Å². The van der Waals surface area contributed by atoms with Crippen molar-refractivity contribution in [2.45, 2.75) is 13.8 Å². The van der Waals surface area contributed by atoms with E-state index in [0.29, 0.717) is 5.82 Å². The first kappa shape index (κ1) is 12.0. The summed E-state index contributed by atoms with van der Waals surface area (Å²) < 4.78 is 0. The average molecular weight is 270 g/mol. The van der Waals surface area contributed by atoms with Crippen LogP contribution in [0.15, 0.2) is 29.6 Å². The molecule has 0 bridgehead atoms. The van der Waals surface area contributed by atoms with Gasteiger partial charge in [-0.1, -0.05) is 6.07 Å². The number of pyridine rings is 1. The molecule has 0 aliphatic carbocycles. The number of rotatable bonds is 3. The lowest BCUT2D eigenvalue weighted by Crippen LogP contribution is -2.02. The minimum absolute atomic E-state index is 0.676. The quantitative estimate of drug-likeness (QED) is 0.791. The van der Waals surface area contributed by atoms with Crippen LogP contribution in [-0.4, -0.2) is 21.5 Å². The van der Waals surface area contributed by atoms with Crippen LogP contribution < -0.4 is 5.32 Å². The van der Waals surface area contributed by atoms with Gasteiger partial charge in [0.05, 0.1) is 5.39 Å². The molecule has 0 atom stereocenters. The van der Waals surface area contributed by atoms with E-state index >= 15 is 0 Å². The molecular formula is C14H14N4S. The van der Waals surface area contributed by atoms with Crippen LogP contribution in [0.1, 0.15) is 12.6 Å². The molecule has 19 heavy (non-hydrogen) atoms. The first-order valence-electron chi connectivity index (χ1n) is 6.21. The average Bonchev–Trinajstić information content (AvgIpc) is 2.87. The highest BCUT2D eigenvalue weighted by Crippen LogP contribution is 2.27. The second-order valence-corrected chi connectivity index (χ2v) is 5.12. The Balaban J connectivity index is 2.18. The number of anilines is 1. The van der Waals surface area contributed by atoms with Crippen LogP contribution in [-0.2, 0) is 0 Å². The highest BCUT2D eigenvalue weighted by atomic mass is 32.1. The summed E-state index contributed by atoms with van der Waals surface area (Å²) in [7, 11) is 0. The summed E-state index contributed by atoms with van der Waals surface area (Å²) in [5.41, 5.74) is 1.78. The molecule has 3 heterocycles. The van der Waals surface area contributed by atoms with Gasteiger partial charge in [-0.05, 0) is 37.4 Å². The normalized spacial score (nSPS) is 10.8. The molecule has 3 aromatic heterocycles. The van der Waals surface area contributed by atoms with E-state index in [9.17, 15) is 0 Å². The van der Waals surface area contributed by atoms with Gasteiger partial charge in [-0.3, -0.25) is 0 Å². The van der Waals surface area contributed by atoms with E-state index in [1.165, 1.54) is 0 Å². The molecule has 0 fully saturated rings. The molecule has 0 radical (unpaired) electrons. The highest BCUT2D eigenvalue weighted by molar-refractivity contribution is 7.16. The van der Waals surface area contributed by atoms with Gasteiger partial charge in [0.2, 0.25) is 0 Å². The molecule has 1 N–H and O–H groups in total. The minimum Gasteiger partial charge on any atom is -0.370 e. The van der Waals surface area contributed by atoms with Gasteiger partial charge >= 0.3 is 0 Å². The van der Waals surface area contributed by atoms with Gasteiger partial charge in [0.25, 0.3) is 0 Å². The molecule has 3 rings (SSSR count). The van der Waals surface area contributed by atoms with E-state index in [1.54, 1.807) is 11.3 Å². The Bertz CT molecular complexity index is 720. The van der Waals surface area contributed by atoms with Crippen molar-refractivity contribution in [2.75, 3.05) is 11.9 Å². The third kappa shape index (κ3) is 2.29. The lowest BCUT2D eigenvalue weighted by molar-refractivity contribution is 1.12. The summed E-state index contributed by atoms with van der Waals surface area (Å²) in [4.78, 5) is 14.7. The maximum atomic E-state index is 4.60. The molecule has 4 nitrogen and oxygen atoms in total. The summed E-state index contributed by atoms with van der Waals surface area (Å²) in [6.45, 7) is 4.87. The van der Waals surface area contributed by atoms with E-state index < -0.39 is 0 Å². The molecule has 96 valence electrons. The Hall–Kier alpha value is -2.01. The number of nitrogens with one attached hydrogen (secondary N) is 1. The molecule has 0 aliphatic rings. The Labute approximate surface area is 115 Å². The Morgan fingerprint density at radius 3 is 2.84 bits per heavy atom. The van der Waals surface area contributed by atoms with E-state index in [1.807, 2.05) is 36.6 Å². The van der Waals surface area contributed by atoms with Gasteiger partial charge < -0.3 is 5.32 Å². The van der Waals surface area contributed by atoms with Gasteiger partial charge in [0.1, 0.15) is 16.3 Å². The van der Waals surface area contributed by atoms with Crippen LogP contribution in [0.5, 0.6) is 0 Å². The van der Waals surface area contributed by atoms with E-state index in [2.05, 4.69) is 27.2 Å². The zero-order valence-electron chi connectivity index (χ0n) is 10.8. The van der Waals surface area contributed by atoms with Crippen molar-refractivity contribution in [3.63, 3.8) is 0 Å². The molecule has 0 saturated heterocycles. The van der Waals surface area contributed by atoms with Crippen molar-refractivity contribution >= 4 is 27.4 Å². The second kappa shape index (κ2) is 4.93.